The fourth-order valence-corrected chi connectivity index (χ4v) is 1.26. The molecule has 5 heteroatoms. The molecule has 1 amide bonds. The summed E-state index contributed by atoms with van der Waals surface area (Å²) in [6, 6.07) is -0.380. The summed E-state index contributed by atoms with van der Waals surface area (Å²) >= 11 is 0. The first-order valence-electron chi connectivity index (χ1n) is 3.62. The Morgan fingerprint density at radius 2 is 2.33 bits per heavy atom. The summed E-state index contributed by atoms with van der Waals surface area (Å²) in [5.74, 6) is 1.16. The molecule has 2 rings (SSSR count). The van der Waals surface area contributed by atoms with Gasteiger partial charge in [-0.15, -0.1) is 0 Å². The van der Waals surface area contributed by atoms with E-state index in [1.54, 1.807) is 4.90 Å². The molecule has 0 saturated carbocycles. The molecule has 2 aliphatic rings. The zero-order valence-electron chi connectivity index (χ0n) is 6.85. The van der Waals surface area contributed by atoms with Crippen LogP contribution in [0.4, 0.5) is 0 Å². The molecule has 0 aromatic carbocycles. The van der Waals surface area contributed by atoms with Crippen LogP contribution in [0.15, 0.2) is 15.0 Å². The zero-order chi connectivity index (χ0) is 8.72. The molecule has 0 aromatic rings. The highest BCUT2D eigenvalue weighted by Gasteiger charge is 2.35. The standard InChI is InChI=1S/C7H8N4O/c1-4-10-6-5(11(4)2)7(12)9-3-8-6/h3,5H,1-2H3. The van der Waals surface area contributed by atoms with Crippen LogP contribution in [-0.2, 0) is 4.79 Å². The van der Waals surface area contributed by atoms with Crippen LogP contribution in [0.5, 0.6) is 0 Å². The SMILES string of the molecule is CC1=NC2=NC=NC(=O)C2N1C. The number of likely N-dealkylation sites (N-methyl/N-ethyl adjacent to an activating group) is 1. The predicted molar refractivity (Wildman–Crippen MR) is 45.6 cm³/mol. The molecular weight excluding hydrogens is 156 g/mol. The number of hydrogen-bond donors (Lipinski definition) is 0. The number of nitrogens with zero attached hydrogens (tertiary/aromatic N) is 4. The third-order valence-electron chi connectivity index (χ3n) is 2.03. The van der Waals surface area contributed by atoms with Crippen molar-refractivity contribution in [1.82, 2.24) is 4.90 Å². The van der Waals surface area contributed by atoms with Crippen LogP contribution in [0.3, 0.4) is 0 Å². The monoisotopic (exact) mass is 164 g/mol. The number of hydrogen-bond acceptors (Lipinski definition) is 4. The van der Waals surface area contributed by atoms with E-state index in [1.807, 2.05) is 14.0 Å². The minimum atomic E-state index is -0.380. The molecule has 0 N–H and O–H groups in total. The van der Waals surface area contributed by atoms with Crippen LogP contribution < -0.4 is 0 Å². The van der Waals surface area contributed by atoms with Crippen molar-refractivity contribution in [3.8, 4) is 0 Å². The summed E-state index contributed by atoms with van der Waals surface area (Å²) in [6.07, 6.45) is 1.25. The Morgan fingerprint density at radius 1 is 1.58 bits per heavy atom. The van der Waals surface area contributed by atoms with Crippen LogP contribution in [0, 0.1) is 0 Å². The summed E-state index contributed by atoms with van der Waals surface area (Å²) in [5.41, 5.74) is 0. The van der Waals surface area contributed by atoms with Crippen molar-refractivity contribution < 1.29 is 4.79 Å². The first-order chi connectivity index (χ1) is 5.70. The van der Waals surface area contributed by atoms with Gasteiger partial charge < -0.3 is 4.90 Å². The van der Waals surface area contributed by atoms with E-state index in [9.17, 15) is 4.79 Å². The maximum absolute atomic E-state index is 11.2. The lowest BCUT2D eigenvalue weighted by atomic mass is 10.2. The first kappa shape index (κ1) is 7.15. The van der Waals surface area contributed by atoms with Gasteiger partial charge in [-0.05, 0) is 6.92 Å². The third-order valence-corrected chi connectivity index (χ3v) is 2.03. The topological polar surface area (TPSA) is 57.4 Å². The summed E-state index contributed by atoms with van der Waals surface area (Å²) < 4.78 is 0. The van der Waals surface area contributed by atoms with Crippen molar-refractivity contribution in [2.24, 2.45) is 15.0 Å². The van der Waals surface area contributed by atoms with Gasteiger partial charge in [-0.2, -0.15) is 4.99 Å². The van der Waals surface area contributed by atoms with Gasteiger partial charge in [0.05, 0.1) is 0 Å². The highest BCUT2D eigenvalue weighted by molar-refractivity contribution is 6.21. The number of carbonyl (C=O) groups excluding carboxylic acids is 1. The molecule has 62 valence electrons. The minimum absolute atomic E-state index is 0.192. The van der Waals surface area contributed by atoms with E-state index in [0.717, 1.165) is 5.84 Å². The molecule has 0 aromatic heterocycles. The van der Waals surface area contributed by atoms with Gasteiger partial charge in [-0.1, -0.05) is 0 Å². The van der Waals surface area contributed by atoms with Gasteiger partial charge in [-0.3, -0.25) is 4.79 Å². The Bertz CT molecular complexity index is 326. The molecule has 2 heterocycles. The van der Waals surface area contributed by atoms with Gasteiger partial charge in [0, 0.05) is 7.05 Å². The van der Waals surface area contributed by atoms with Crippen molar-refractivity contribution in [2.75, 3.05) is 7.05 Å². The number of rotatable bonds is 0. The molecule has 0 saturated heterocycles. The highest BCUT2D eigenvalue weighted by atomic mass is 16.2. The number of fused-ring (bicyclic) bond motifs is 1. The number of carbonyl (C=O) groups is 1. The smallest absolute Gasteiger partial charge is 0.277 e. The summed E-state index contributed by atoms with van der Waals surface area (Å²) in [6.45, 7) is 1.84. The van der Waals surface area contributed by atoms with Gasteiger partial charge in [0.15, 0.2) is 11.9 Å². The Kier molecular flexibility index (Phi) is 1.33. The number of aliphatic imine (C=N–C) groups is 3. The zero-order valence-corrected chi connectivity index (χ0v) is 6.85. The van der Waals surface area contributed by atoms with Crippen LogP contribution in [0.2, 0.25) is 0 Å². The van der Waals surface area contributed by atoms with Crippen molar-refractivity contribution in [3.63, 3.8) is 0 Å². The molecular formula is C7H8N4O. The predicted octanol–water partition coefficient (Wildman–Crippen LogP) is -0.314. The van der Waals surface area contributed by atoms with Gasteiger partial charge in [0.25, 0.3) is 5.91 Å². The second-order valence-corrected chi connectivity index (χ2v) is 2.74. The normalized spacial score (nSPS) is 27.0. The summed E-state index contributed by atoms with van der Waals surface area (Å²) in [7, 11) is 1.81. The fourth-order valence-electron chi connectivity index (χ4n) is 1.26. The van der Waals surface area contributed by atoms with E-state index < -0.39 is 0 Å². The fraction of sp³-hybridized carbons (Fsp3) is 0.429. The van der Waals surface area contributed by atoms with Crippen molar-refractivity contribution in [1.29, 1.82) is 0 Å². The van der Waals surface area contributed by atoms with E-state index in [-0.39, 0.29) is 11.9 Å². The van der Waals surface area contributed by atoms with E-state index in [1.165, 1.54) is 6.34 Å². The largest absolute Gasteiger partial charge is 0.345 e. The van der Waals surface area contributed by atoms with Gasteiger partial charge in [0.2, 0.25) is 0 Å². The lowest BCUT2D eigenvalue weighted by molar-refractivity contribution is -0.119. The first-order valence-corrected chi connectivity index (χ1v) is 3.62. The number of amidine groups is 2. The average Bonchev–Trinajstić information content (AvgIpc) is 2.29. The van der Waals surface area contributed by atoms with Crippen LogP contribution >= 0.6 is 0 Å². The van der Waals surface area contributed by atoms with Crippen molar-refractivity contribution in [2.45, 2.75) is 13.0 Å². The molecule has 2 aliphatic heterocycles. The lowest BCUT2D eigenvalue weighted by Gasteiger charge is -2.19. The van der Waals surface area contributed by atoms with E-state index in [0.29, 0.717) is 5.84 Å². The number of amides is 1. The Labute approximate surface area is 69.5 Å². The van der Waals surface area contributed by atoms with Gasteiger partial charge >= 0.3 is 0 Å². The third kappa shape index (κ3) is 0.792. The Balaban J connectivity index is 2.43. The molecule has 0 fully saturated rings. The second kappa shape index (κ2) is 2.23. The van der Waals surface area contributed by atoms with Gasteiger partial charge in [-0.25, -0.2) is 9.98 Å². The molecule has 0 bridgehead atoms. The molecule has 0 aliphatic carbocycles. The molecule has 12 heavy (non-hydrogen) atoms. The molecule has 5 nitrogen and oxygen atoms in total. The van der Waals surface area contributed by atoms with Crippen LogP contribution in [0.25, 0.3) is 0 Å². The maximum atomic E-state index is 11.2. The Morgan fingerprint density at radius 3 is 3.00 bits per heavy atom. The van der Waals surface area contributed by atoms with Crippen molar-refractivity contribution >= 4 is 23.9 Å². The van der Waals surface area contributed by atoms with E-state index in [4.69, 9.17) is 0 Å². The average molecular weight is 164 g/mol. The second-order valence-electron chi connectivity index (χ2n) is 2.74. The minimum Gasteiger partial charge on any atom is -0.345 e. The molecule has 1 unspecified atom stereocenters. The lowest BCUT2D eigenvalue weighted by Crippen LogP contribution is -2.41. The van der Waals surface area contributed by atoms with E-state index in [2.05, 4.69) is 15.0 Å². The molecule has 0 radical (unpaired) electrons. The van der Waals surface area contributed by atoms with Crippen LogP contribution in [0.1, 0.15) is 6.92 Å². The molecule has 0 spiro atoms. The Hall–Kier alpha value is -1.52. The highest BCUT2D eigenvalue weighted by Crippen LogP contribution is 2.14. The quantitative estimate of drug-likeness (QED) is 0.493. The summed E-state index contributed by atoms with van der Waals surface area (Å²) in [5, 5.41) is 0. The van der Waals surface area contributed by atoms with Crippen molar-refractivity contribution in [3.05, 3.63) is 0 Å². The van der Waals surface area contributed by atoms with Crippen LogP contribution in [-0.4, -0.2) is 41.9 Å². The molecule has 1 atom stereocenters. The summed E-state index contributed by atoms with van der Waals surface area (Å²) in [4.78, 5) is 24.6. The van der Waals surface area contributed by atoms with E-state index >= 15 is 0 Å². The van der Waals surface area contributed by atoms with Gasteiger partial charge in [0.1, 0.15) is 12.2 Å². The maximum Gasteiger partial charge on any atom is 0.277 e.